The van der Waals surface area contributed by atoms with Crippen molar-refractivity contribution >= 4 is 6.03 Å². The van der Waals surface area contributed by atoms with Crippen molar-refractivity contribution in [2.75, 3.05) is 6.61 Å². The van der Waals surface area contributed by atoms with Crippen molar-refractivity contribution in [1.82, 2.24) is 10.6 Å². The maximum absolute atomic E-state index is 12.3. The van der Waals surface area contributed by atoms with Crippen molar-refractivity contribution in [1.29, 1.82) is 0 Å². The molecule has 1 fully saturated rings. The molecule has 0 heterocycles. The van der Waals surface area contributed by atoms with Crippen molar-refractivity contribution in [2.45, 2.75) is 63.6 Å². The first-order valence-electron chi connectivity index (χ1n) is 8.68. The van der Waals surface area contributed by atoms with Gasteiger partial charge in [0.25, 0.3) is 0 Å². The maximum Gasteiger partial charge on any atom is 0.315 e. The Kier molecular flexibility index (Phi) is 5.06. The normalized spacial score (nSPS) is 26.4. The lowest BCUT2D eigenvalue weighted by Gasteiger charge is -2.29. The van der Waals surface area contributed by atoms with E-state index in [9.17, 15) is 9.90 Å². The Morgan fingerprint density at radius 2 is 2.09 bits per heavy atom. The third-order valence-electron chi connectivity index (χ3n) is 4.88. The second kappa shape index (κ2) is 7.21. The van der Waals surface area contributed by atoms with Crippen LogP contribution in [-0.4, -0.2) is 29.9 Å². The predicted molar refractivity (Wildman–Crippen MR) is 88.6 cm³/mol. The first-order valence-corrected chi connectivity index (χ1v) is 8.68. The molecule has 1 aromatic rings. The zero-order valence-corrected chi connectivity index (χ0v) is 13.7. The molecule has 0 saturated heterocycles. The fourth-order valence-electron chi connectivity index (χ4n) is 3.71. The van der Waals surface area contributed by atoms with Crippen LogP contribution in [0.2, 0.25) is 0 Å². The lowest BCUT2D eigenvalue weighted by molar-refractivity contribution is 0.0940. The van der Waals surface area contributed by atoms with Crippen LogP contribution in [0.15, 0.2) is 18.2 Å². The number of aliphatic hydroxyl groups is 1. The molecule has 1 saturated carbocycles. The molecule has 3 N–H and O–H groups in total. The average Bonchev–Trinajstić information content (AvgIpc) is 2.94. The van der Waals surface area contributed by atoms with Gasteiger partial charge in [0, 0.05) is 0 Å². The Hall–Kier alpha value is -1.75. The maximum atomic E-state index is 12.3. The molecular weight excluding hydrogens is 292 g/mol. The molecule has 2 aliphatic carbocycles. The summed E-state index contributed by atoms with van der Waals surface area (Å²) in [6.07, 6.45) is 5.11. The second-order valence-electron chi connectivity index (χ2n) is 6.42. The molecule has 3 atom stereocenters. The summed E-state index contributed by atoms with van der Waals surface area (Å²) in [7, 11) is 0. The van der Waals surface area contributed by atoms with Gasteiger partial charge in [0.1, 0.15) is 5.75 Å². The van der Waals surface area contributed by atoms with Gasteiger partial charge in [0.05, 0.1) is 24.8 Å². The highest BCUT2D eigenvalue weighted by molar-refractivity contribution is 5.75. The molecular formula is C18H26N2O3. The highest BCUT2D eigenvalue weighted by Crippen LogP contribution is 2.36. The van der Waals surface area contributed by atoms with Gasteiger partial charge >= 0.3 is 6.03 Å². The van der Waals surface area contributed by atoms with E-state index >= 15 is 0 Å². The van der Waals surface area contributed by atoms with Crippen LogP contribution < -0.4 is 15.4 Å². The van der Waals surface area contributed by atoms with Crippen molar-refractivity contribution in [3.05, 3.63) is 29.3 Å². The molecule has 126 valence electrons. The van der Waals surface area contributed by atoms with E-state index < -0.39 is 6.10 Å². The van der Waals surface area contributed by atoms with Crippen LogP contribution in [0.5, 0.6) is 5.75 Å². The Balaban J connectivity index is 1.62. The number of carbonyl (C=O) groups excluding carboxylic acids is 1. The van der Waals surface area contributed by atoms with Gasteiger partial charge in [-0.15, -0.1) is 0 Å². The lowest BCUT2D eigenvalue weighted by atomic mass is 9.93. The fourth-order valence-corrected chi connectivity index (χ4v) is 3.71. The summed E-state index contributed by atoms with van der Waals surface area (Å²) in [6.45, 7) is 2.63. The summed E-state index contributed by atoms with van der Waals surface area (Å²) in [6, 6.07) is 5.74. The molecule has 3 rings (SSSR count). The third-order valence-corrected chi connectivity index (χ3v) is 4.88. The van der Waals surface area contributed by atoms with E-state index in [0.29, 0.717) is 6.61 Å². The van der Waals surface area contributed by atoms with E-state index in [0.717, 1.165) is 49.8 Å². The molecule has 0 bridgehead atoms. The largest absolute Gasteiger partial charge is 0.494 e. The summed E-state index contributed by atoms with van der Waals surface area (Å²) in [5.41, 5.74) is 2.35. The monoisotopic (exact) mass is 318 g/mol. The van der Waals surface area contributed by atoms with Gasteiger partial charge in [0.2, 0.25) is 0 Å². The van der Waals surface area contributed by atoms with E-state index in [2.05, 4.69) is 16.7 Å². The van der Waals surface area contributed by atoms with Gasteiger partial charge in [-0.1, -0.05) is 25.0 Å². The fraction of sp³-hybridized carbons (Fsp3) is 0.611. The molecule has 0 aromatic heterocycles. The first-order chi connectivity index (χ1) is 11.2. The lowest BCUT2D eigenvalue weighted by Crippen LogP contribution is -2.49. The van der Waals surface area contributed by atoms with Gasteiger partial charge in [-0.25, -0.2) is 4.79 Å². The standard InChI is InChI=1S/C18H26N2O3/c1-2-23-17-9-5-6-12-13(17)10-11-14(12)19-18(22)20-15-7-3-4-8-16(15)21/h5-6,9,14-16,21H,2-4,7-8,10-11H2,1H3,(H2,19,20,22)/t14-,15+,16+/m0/s1. The molecule has 5 heteroatoms. The van der Waals surface area contributed by atoms with Crippen LogP contribution in [0, 0.1) is 0 Å². The van der Waals surface area contributed by atoms with Crippen molar-refractivity contribution in [3.8, 4) is 5.75 Å². The van der Waals surface area contributed by atoms with Crippen molar-refractivity contribution in [2.24, 2.45) is 0 Å². The summed E-state index contributed by atoms with van der Waals surface area (Å²) < 4.78 is 5.68. The Morgan fingerprint density at radius 1 is 1.26 bits per heavy atom. The number of aliphatic hydroxyl groups excluding tert-OH is 1. The van der Waals surface area contributed by atoms with Gasteiger partial charge in [-0.2, -0.15) is 0 Å². The Bertz CT molecular complexity index is 561. The van der Waals surface area contributed by atoms with Crippen LogP contribution in [0.25, 0.3) is 0 Å². The minimum Gasteiger partial charge on any atom is -0.494 e. The summed E-state index contributed by atoms with van der Waals surface area (Å²) in [4.78, 5) is 12.3. The Labute approximate surface area is 137 Å². The number of fused-ring (bicyclic) bond motifs is 1. The highest BCUT2D eigenvalue weighted by Gasteiger charge is 2.29. The van der Waals surface area contributed by atoms with Crippen LogP contribution in [0.3, 0.4) is 0 Å². The molecule has 2 amide bonds. The van der Waals surface area contributed by atoms with Crippen LogP contribution in [0.4, 0.5) is 4.79 Å². The van der Waals surface area contributed by atoms with E-state index in [1.807, 2.05) is 19.1 Å². The molecule has 23 heavy (non-hydrogen) atoms. The van der Waals surface area contributed by atoms with Crippen LogP contribution in [0.1, 0.15) is 56.2 Å². The van der Waals surface area contributed by atoms with Crippen LogP contribution in [-0.2, 0) is 6.42 Å². The minimum atomic E-state index is -0.421. The zero-order valence-electron chi connectivity index (χ0n) is 13.7. The minimum absolute atomic E-state index is 0.0196. The number of ether oxygens (including phenoxy) is 1. The average molecular weight is 318 g/mol. The molecule has 0 aliphatic heterocycles. The number of benzene rings is 1. The third kappa shape index (κ3) is 3.61. The topological polar surface area (TPSA) is 70.6 Å². The summed E-state index contributed by atoms with van der Waals surface area (Å²) >= 11 is 0. The molecule has 0 radical (unpaired) electrons. The smallest absolute Gasteiger partial charge is 0.315 e. The quantitative estimate of drug-likeness (QED) is 0.799. The number of hydrogen-bond donors (Lipinski definition) is 3. The number of rotatable bonds is 4. The first kappa shape index (κ1) is 16.1. The Morgan fingerprint density at radius 3 is 2.87 bits per heavy atom. The van der Waals surface area contributed by atoms with Gasteiger partial charge in [-0.05, 0) is 49.8 Å². The highest BCUT2D eigenvalue weighted by atomic mass is 16.5. The van der Waals surface area contributed by atoms with E-state index in [4.69, 9.17) is 4.74 Å². The molecule has 5 nitrogen and oxygen atoms in total. The van der Waals surface area contributed by atoms with Crippen molar-refractivity contribution < 1.29 is 14.6 Å². The number of nitrogens with one attached hydrogen (secondary N) is 2. The van der Waals surface area contributed by atoms with E-state index in [-0.39, 0.29) is 18.1 Å². The summed E-state index contributed by atoms with van der Waals surface area (Å²) in [5.74, 6) is 0.928. The van der Waals surface area contributed by atoms with E-state index in [1.54, 1.807) is 0 Å². The number of hydrogen-bond acceptors (Lipinski definition) is 3. The van der Waals surface area contributed by atoms with Gasteiger partial charge in [0.15, 0.2) is 0 Å². The zero-order chi connectivity index (χ0) is 16.2. The number of urea groups is 1. The van der Waals surface area contributed by atoms with Gasteiger partial charge in [-0.3, -0.25) is 0 Å². The molecule has 0 unspecified atom stereocenters. The molecule has 1 aromatic carbocycles. The molecule has 0 spiro atoms. The molecule has 2 aliphatic rings. The van der Waals surface area contributed by atoms with Crippen molar-refractivity contribution in [3.63, 3.8) is 0 Å². The van der Waals surface area contributed by atoms with Crippen LogP contribution >= 0.6 is 0 Å². The predicted octanol–water partition coefficient (Wildman–Crippen LogP) is 2.68. The SMILES string of the molecule is CCOc1cccc2c1CC[C@@H]2NC(=O)N[C@@H]1CCCC[C@H]1O. The van der Waals surface area contributed by atoms with Gasteiger partial charge < -0.3 is 20.5 Å². The van der Waals surface area contributed by atoms with E-state index in [1.165, 1.54) is 5.56 Å². The number of carbonyl (C=O) groups is 1. The second-order valence-corrected chi connectivity index (χ2v) is 6.42. The number of amides is 2. The summed E-state index contributed by atoms with van der Waals surface area (Å²) in [5, 5.41) is 16.0.